The van der Waals surface area contributed by atoms with Crippen molar-refractivity contribution in [3.63, 3.8) is 0 Å². The second-order valence-electron chi connectivity index (χ2n) is 4.54. The van der Waals surface area contributed by atoms with E-state index >= 15 is 0 Å². The Morgan fingerprint density at radius 1 is 1.18 bits per heavy atom. The monoisotopic (exact) mass is 316 g/mol. The fourth-order valence-electron chi connectivity index (χ4n) is 1.97. The van der Waals surface area contributed by atoms with Crippen molar-refractivity contribution in [2.75, 3.05) is 5.32 Å². The summed E-state index contributed by atoms with van der Waals surface area (Å²) in [4.78, 5) is 12.1. The summed E-state index contributed by atoms with van der Waals surface area (Å²) in [6.45, 7) is 0. The number of hydrogen-bond donors (Lipinski definition) is 1. The molecule has 0 atom stereocenters. The first kappa shape index (κ1) is 14.3. The summed E-state index contributed by atoms with van der Waals surface area (Å²) in [5.74, 6) is -0.772. The lowest BCUT2D eigenvalue weighted by molar-refractivity contribution is 0.102. The van der Waals surface area contributed by atoms with Crippen LogP contribution in [-0.4, -0.2) is 11.1 Å². The molecule has 1 N–H and O–H groups in total. The molecule has 0 saturated heterocycles. The van der Waals surface area contributed by atoms with Crippen LogP contribution in [-0.2, 0) is 0 Å². The van der Waals surface area contributed by atoms with Gasteiger partial charge in [0, 0.05) is 10.6 Å². The van der Waals surface area contributed by atoms with E-state index < -0.39 is 11.7 Å². The van der Waals surface area contributed by atoms with Gasteiger partial charge in [0.25, 0.3) is 5.91 Å². The van der Waals surface area contributed by atoms with Crippen molar-refractivity contribution >= 4 is 23.4 Å². The smallest absolute Gasteiger partial charge is 0.258 e. The Morgan fingerprint density at radius 3 is 2.68 bits per heavy atom. The fourth-order valence-corrected chi connectivity index (χ4v) is 2.10. The molecule has 0 aliphatic heterocycles. The van der Waals surface area contributed by atoms with E-state index in [1.165, 1.54) is 24.4 Å². The van der Waals surface area contributed by atoms with Gasteiger partial charge in [-0.1, -0.05) is 35.0 Å². The lowest BCUT2D eigenvalue weighted by Gasteiger charge is -2.04. The molecule has 0 saturated carbocycles. The van der Waals surface area contributed by atoms with Gasteiger partial charge in [-0.05, 0) is 35.9 Å². The van der Waals surface area contributed by atoms with E-state index in [0.29, 0.717) is 10.6 Å². The summed E-state index contributed by atoms with van der Waals surface area (Å²) < 4.78 is 18.2. The third-order valence-electron chi connectivity index (χ3n) is 3.04. The minimum atomic E-state index is -0.483. The summed E-state index contributed by atoms with van der Waals surface area (Å²) in [6.07, 6.45) is 1.49. The highest BCUT2D eigenvalue weighted by molar-refractivity contribution is 6.30. The van der Waals surface area contributed by atoms with Crippen LogP contribution in [0.25, 0.3) is 11.1 Å². The molecule has 1 heterocycles. The first-order valence-corrected chi connectivity index (χ1v) is 6.79. The number of hydrogen-bond acceptors (Lipinski definition) is 3. The Kier molecular flexibility index (Phi) is 3.89. The quantitative estimate of drug-likeness (QED) is 0.779. The topological polar surface area (TPSA) is 55.1 Å². The highest BCUT2D eigenvalue weighted by Crippen LogP contribution is 2.29. The van der Waals surface area contributed by atoms with E-state index in [9.17, 15) is 9.18 Å². The van der Waals surface area contributed by atoms with E-state index in [4.69, 9.17) is 16.1 Å². The second-order valence-corrected chi connectivity index (χ2v) is 4.98. The van der Waals surface area contributed by atoms with Crippen LogP contribution in [0.15, 0.2) is 59.3 Å². The van der Waals surface area contributed by atoms with Crippen molar-refractivity contribution in [1.82, 2.24) is 5.16 Å². The number of benzene rings is 2. The molecule has 110 valence electrons. The molecule has 2 aromatic carbocycles. The molecule has 1 amide bonds. The summed E-state index contributed by atoms with van der Waals surface area (Å²) >= 11 is 5.85. The zero-order valence-corrected chi connectivity index (χ0v) is 12.0. The molecule has 0 fully saturated rings. The minimum Gasteiger partial charge on any atom is -0.338 e. The van der Waals surface area contributed by atoms with Crippen LogP contribution in [0.4, 0.5) is 10.3 Å². The summed E-state index contributed by atoms with van der Waals surface area (Å²) in [5, 5.41) is 6.87. The van der Waals surface area contributed by atoms with Gasteiger partial charge in [-0.2, -0.15) is 0 Å². The third-order valence-corrected chi connectivity index (χ3v) is 3.29. The molecule has 3 aromatic rings. The Balaban J connectivity index is 1.86. The Labute approximate surface area is 130 Å². The van der Waals surface area contributed by atoms with Crippen LogP contribution in [0.2, 0.25) is 5.02 Å². The van der Waals surface area contributed by atoms with Crippen molar-refractivity contribution in [2.24, 2.45) is 0 Å². The normalized spacial score (nSPS) is 10.5. The molecule has 0 spiro atoms. The molecule has 0 aliphatic carbocycles. The van der Waals surface area contributed by atoms with E-state index in [0.717, 1.165) is 11.6 Å². The molecular formula is C16H10ClFN2O2. The summed E-state index contributed by atoms with van der Waals surface area (Å²) in [5.41, 5.74) is 1.60. The van der Waals surface area contributed by atoms with Crippen LogP contribution in [0.5, 0.6) is 0 Å². The largest absolute Gasteiger partial charge is 0.338 e. The number of nitrogens with zero attached hydrogens (tertiary/aromatic N) is 1. The lowest BCUT2D eigenvalue weighted by Crippen LogP contribution is -2.12. The molecule has 0 radical (unpaired) electrons. The summed E-state index contributed by atoms with van der Waals surface area (Å²) in [6, 6.07) is 12.4. The lowest BCUT2D eigenvalue weighted by atomic mass is 10.1. The number of halogens is 2. The highest BCUT2D eigenvalue weighted by atomic mass is 35.5. The van der Waals surface area contributed by atoms with Crippen molar-refractivity contribution in [3.05, 3.63) is 71.1 Å². The van der Waals surface area contributed by atoms with Crippen molar-refractivity contribution < 1.29 is 13.7 Å². The first-order valence-electron chi connectivity index (χ1n) is 6.41. The molecule has 3 rings (SSSR count). The number of aromatic nitrogens is 1. The van der Waals surface area contributed by atoms with E-state index in [1.807, 2.05) is 0 Å². The van der Waals surface area contributed by atoms with E-state index in [2.05, 4.69) is 10.5 Å². The molecule has 22 heavy (non-hydrogen) atoms. The number of rotatable bonds is 3. The second kappa shape index (κ2) is 5.99. The fraction of sp³-hybridized carbons (Fsp3) is 0. The van der Waals surface area contributed by atoms with E-state index in [1.54, 1.807) is 24.3 Å². The highest BCUT2D eigenvalue weighted by Gasteiger charge is 2.15. The zero-order chi connectivity index (χ0) is 15.5. The van der Waals surface area contributed by atoms with Crippen molar-refractivity contribution in [2.45, 2.75) is 0 Å². The predicted octanol–water partition coefficient (Wildman–Crippen LogP) is 4.39. The third kappa shape index (κ3) is 2.99. The maximum atomic E-state index is 13.2. The van der Waals surface area contributed by atoms with Gasteiger partial charge in [0.05, 0.1) is 11.8 Å². The number of anilines is 1. The van der Waals surface area contributed by atoms with Gasteiger partial charge in [-0.15, -0.1) is 0 Å². The maximum absolute atomic E-state index is 13.2. The van der Waals surface area contributed by atoms with Crippen LogP contribution < -0.4 is 5.32 Å². The number of carbonyl (C=O) groups is 1. The molecule has 0 bridgehead atoms. The van der Waals surface area contributed by atoms with Gasteiger partial charge in [-0.25, -0.2) is 4.39 Å². The first-order chi connectivity index (χ1) is 10.6. The number of carbonyl (C=O) groups excluding carboxylic acids is 1. The molecule has 0 aliphatic rings. The van der Waals surface area contributed by atoms with Crippen LogP contribution >= 0.6 is 11.6 Å². The van der Waals surface area contributed by atoms with Gasteiger partial charge in [0.2, 0.25) is 5.88 Å². The van der Waals surface area contributed by atoms with Crippen molar-refractivity contribution in [1.29, 1.82) is 0 Å². The van der Waals surface area contributed by atoms with E-state index in [-0.39, 0.29) is 11.4 Å². The maximum Gasteiger partial charge on any atom is 0.258 e. The SMILES string of the molecule is O=C(Nc1oncc1-c1ccc(Cl)cc1)c1cccc(F)c1. The molecule has 4 nitrogen and oxygen atoms in total. The zero-order valence-electron chi connectivity index (χ0n) is 11.2. The van der Waals surface area contributed by atoms with Gasteiger partial charge in [0.15, 0.2) is 0 Å². The molecule has 1 aromatic heterocycles. The standard InChI is InChI=1S/C16H10ClFN2O2/c17-12-6-4-10(5-7-12)14-9-19-22-16(14)20-15(21)11-2-1-3-13(18)8-11/h1-9H,(H,20,21). The van der Waals surface area contributed by atoms with Crippen LogP contribution in [0, 0.1) is 5.82 Å². The van der Waals surface area contributed by atoms with Gasteiger partial charge >= 0.3 is 0 Å². The van der Waals surface area contributed by atoms with Crippen molar-refractivity contribution in [3.8, 4) is 11.1 Å². The predicted molar refractivity (Wildman–Crippen MR) is 81.3 cm³/mol. The average molecular weight is 317 g/mol. The Hall–Kier alpha value is -2.66. The Morgan fingerprint density at radius 2 is 1.95 bits per heavy atom. The number of amides is 1. The Bertz CT molecular complexity index is 815. The van der Waals surface area contributed by atoms with Gasteiger partial charge in [0.1, 0.15) is 5.82 Å². The average Bonchev–Trinajstić information content (AvgIpc) is 2.96. The van der Waals surface area contributed by atoms with Gasteiger partial charge in [-0.3, -0.25) is 10.1 Å². The molecule has 6 heteroatoms. The summed E-state index contributed by atoms with van der Waals surface area (Å²) in [7, 11) is 0. The van der Waals surface area contributed by atoms with Crippen LogP contribution in [0.3, 0.4) is 0 Å². The minimum absolute atomic E-state index is 0.191. The van der Waals surface area contributed by atoms with Gasteiger partial charge < -0.3 is 4.52 Å². The van der Waals surface area contributed by atoms with Crippen LogP contribution in [0.1, 0.15) is 10.4 Å². The molecular weight excluding hydrogens is 307 g/mol. The number of nitrogens with one attached hydrogen (secondary N) is 1. The molecule has 0 unspecified atom stereocenters.